The molecule has 0 aliphatic carbocycles. The number of halogens is 2. The summed E-state index contributed by atoms with van der Waals surface area (Å²) in [5, 5.41) is 13.6. The number of rotatable bonds is 2. The molecule has 0 amide bonds. The van der Waals surface area contributed by atoms with E-state index >= 15 is 0 Å². The normalized spacial score (nSPS) is 23.5. The molecule has 5 heteroatoms. The van der Waals surface area contributed by atoms with E-state index in [0.717, 1.165) is 11.1 Å². The molecule has 3 rings (SSSR count). The van der Waals surface area contributed by atoms with Crippen molar-refractivity contribution in [2.75, 3.05) is 5.32 Å². The van der Waals surface area contributed by atoms with Gasteiger partial charge >= 0.3 is 5.97 Å². The number of hydrogen-bond acceptors (Lipinski definition) is 2. The zero-order chi connectivity index (χ0) is 15.9. The van der Waals surface area contributed by atoms with Gasteiger partial charge in [-0.15, -0.1) is 0 Å². The molecule has 0 aromatic heterocycles. The number of nitrogens with one attached hydrogen (secondary N) is 1. The van der Waals surface area contributed by atoms with Gasteiger partial charge in [0.15, 0.2) is 0 Å². The molecule has 3 nitrogen and oxygen atoms in total. The number of fused-ring (bicyclic) bond motifs is 1. The van der Waals surface area contributed by atoms with Gasteiger partial charge < -0.3 is 10.4 Å². The predicted octanol–water partition coefficient (Wildman–Crippen LogP) is 4.64. The number of carboxylic acids is 1. The van der Waals surface area contributed by atoms with E-state index in [1.54, 1.807) is 12.1 Å². The van der Waals surface area contributed by atoms with Crippen molar-refractivity contribution in [1.82, 2.24) is 0 Å². The van der Waals surface area contributed by atoms with Gasteiger partial charge in [0.25, 0.3) is 0 Å². The van der Waals surface area contributed by atoms with Crippen LogP contribution in [-0.2, 0) is 4.79 Å². The van der Waals surface area contributed by atoms with Crippen molar-refractivity contribution in [3.05, 3.63) is 63.6 Å². The maximum absolute atomic E-state index is 11.6. The van der Waals surface area contributed by atoms with E-state index in [2.05, 4.69) is 5.32 Å². The minimum Gasteiger partial charge on any atom is -0.480 e. The predicted molar refractivity (Wildman–Crippen MR) is 89.0 cm³/mol. The summed E-state index contributed by atoms with van der Waals surface area (Å²) in [6.45, 7) is 1.93. The first-order chi connectivity index (χ1) is 10.5. The summed E-state index contributed by atoms with van der Waals surface area (Å²) in [7, 11) is 0. The summed E-state index contributed by atoms with van der Waals surface area (Å²) in [5.41, 5.74) is 2.65. The number of aliphatic carboxylic acids is 1. The maximum atomic E-state index is 11.6. The Morgan fingerprint density at radius 3 is 2.50 bits per heavy atom. The number of hydrogen-bond donors (Lipinski definition) is 2. The Labute approximate surface area is 138 Å². The van der Waals surface area contributed by atoms with Gasteiger partial charge in [0.1, 0.15) is 6.04 Å². The van der Waals surface area contributed by atoms with Gasteiger partial charge in [-0.25, -0.2) is 4.79 Å². The van der Waals surface area contributed by atoms with Crippen LogP contribution in [0.15, 0.2) is 42.5 Å². The van der Waals surface area contributed by atoms with Crippen LogP contribution in [-0.4, -0.2) is 17.1 Å². The number of benzene rings is 2. The van der Waals surface area contributed by atoms with Gasteiger partial charge in [0.2, 0.25) is 0 Å². The molecule has 1 aliphatic heterocycles. The fraction of sp³-hybridized carbons (Fsp3) is 0.235. The van der Waals surface area contributed by atoms with Crippen molar-refractivity contribution >= 4 is 34.9 Å². The third kappa shape index (κ3) is 2.55. The molecule has 2 aromatic carbocycles. The topological polar surface area (TPSA) is 49.3 Å². The molecule has 0 radical (unpaired) electrons. The van der Waals surface area contributed by atoms with Gasteiger partial charge in [-0.1, -0.05) is 60.5 Å². The molecule has 0 bridgehead atoms. The third-order valence-electron chi connectivity index (χ3n) is 4.19. The molecule has 3 atom stereocenters. The number of carboxylic acid groups (broad SMARTS) is 1. The largest absolute Gasteiger partial charge is 0.480 e. The molecule has 3 unspecified atom stereocenters. The summed E-state index contributed by atoms with van der Waals surface area (Å²) in [6, 6.07) is 12.6. The fourth-order valence-electron chi connectivity index (χ4n) is 3.19. The summed E-state index contributed by atoms with van der Waals surface area (Å²) in [5.74, 6) is -1.12. The summed E-state index contributed by atoms with van der Waals surface area (Å²) in [6.07, 6.45) is 0. The van der Waals surface area contributed by atoms with Crippen LogP contribution in [0, 0.1) is 5.92 Å². The van der Waals surface area contributed by atoms with Crippen molar-refractivity contribution in [3.63, 3.8) is 0 Å². The maximum Gasteiger partial charge on any atom is 0.326 e. The van der Waals surface area contributed by atoms with E-state index in [1.807, 2.05) is 37.3 Å². The van der Waals surface area contributed by atoms with Gasteiger partial charge in [-0.3, -0.25) is 0 Å². The lowest BCUT2D eigenvalue weighted by atomic mass is 9.74. The highest BCUT2D eigenvalue weighted by Crippen LogP contribution is 2.46. The van der Waals surface area contributed by atoms with Crippen molar-refractivity contribution in [1.29, 1.82) is 0 Å². The highest BCUT2D eigenvalue weighted by molar-refractivity contribution is 6.35. The van der Waals surface area contributed by atoms with E-state index in [-0.39, 0.29) is 11.8 Å². The Hall–Kier alpha value is -1.71. The van der Waals surface area contributed by atoms with Crippen LogP contribution in [0.5, 0.6) is 0 Å². The zero-order valence-corrected chi connectivity index (χ0v) is 13.4. The monoisotopic (exact) mass is 335 g/mol. The number of carbonyl (C=O) groups is 1. The van der Waals surface area contributed by atoms with Crippen LogP contribution in [0.2, 0.25) is 10.0 Å². The Bertz CT molecular complexity index is 718. The summed E-state index contributed by atoms with van der Waals surface area (Å²) >= 11 is 12.5. The first kappa shape index (κ1) is 15.2. The number of anilines is 1. The lowest BCUT2D eigenvalue weighted by Gasteiger charge is -2.38. The van der Waals surface area contributed by atoms with Gasteiger partial charge in [-0.05, 0) is 23.6 Å². The summed E-state index contributed by atoms with van der Waals surface area (Å²) < 4.78 is 0. The zero-order valence-electron chi connectivity index (χ0n) is 11.9. The quantitative estimate of drug-likeness (QED) is 0.840. The third-order valence-corrected chi connectivity index (χ3v) is 4.72. The molecular weight excluding hydrogens is 321 g/mol. The van der Waals surface area contributed by atoms with Crippen LogP contribution in [0.25, 0.3) is 0 Å². The average Bonchev–Trinajstić information content (AvgIpc) is 2.47. The second-order valence-corrected chi connectivity index (χ2v) is 6.40. The van der Waals surface area contributed by atoms with E-state index in [1.165, 1.54) is 0 Å². The molecule has 114 valence electrons. The van der Waals surface area contributed by atoms with Gasteiger partial charge in [0.05, 0.1) is 0 Å². The minimum absolute atomic E-state index is 0.0942. The first-order valence-corrected chi connectivity index (χ1v) is 7.78. The fourth-order valence-corrected chi connectivity index (χ4v) is 3.80. The molecule has 1 heterocycles. The van der Waals surface area contributed by atoms with E-state index in [0.29, 0.717) is 15.7 Å². The Kier molecular flexibility index (Phi) is 4.02. The lowest BCUT2D eigenvalue weighted by Crippen LogP contribution is -2.42. The van der Waals surface area contributed by atoms with Crippen LogP contribution in [0.3, 0.4) is 0 Å². The van der Waals surface area contributed by atoms with Crippen molar-refractivity contribution < 1.29 is 9.90 Å². The van der Waals surface area contributed by atoms with Crippen LogP contribution >= 0.6 is 23.2 Å². The molecule has 22 heavy (non-hydrogen) atoms. The molecular formula is C17H15Cl2NO2. The first-order valence-electron chi connectivity index (χ1n) is 7.02. The van der Waals surface area contributed by atoms with Crippen molar-refractivity contribution in [2.24, 2.45) is 5.92 Å². The van der Waals surface area contributed by atoms with E-state index in [9.17, 15) is 9.90 Å². The Balaban J connectivity index is 2.21. The second-order valence-electron chi connectivity index (χ2n) is 5.56. The molecule has 1 aliphatic rings. The average molecular weight is 336 g/mol. The van der Waals surface area contributed by atoms with Crippen LogP contribution < -0.4 is 5.32 Å². The molecule has 2 N–H and O–H groups in total. The minimum atomic E-state index is -0.879. The lowest BCUT2D eigenvalue weighted by molar-refractivity contribution is -0.139. The smallest absolute Gasteiger partial charge is 0.326 e. The van der Waals surface area contributed by atoms with Gasteiger partial charge in [0, 0.05) is 27.2 Å². The van der Waals surface area contributed by atoms with Crippen LogP contribution in [0.4, 0.5) is 5.69 Å². The van der Waals surface area contributed by atoms with Gasteiger partial charge in [-0.2, -0.15) is 0 Å². The molecule has 0 spiro atoms. The molecule has 0 saturated heterocycles. The van der Waals surface area contributed by atoms with E-state index < -0.39 is 12.0 Å². The van der Waals surface area contributed by atoms with E-state index in [4.69, 9.17) is 23.2 Å². The summed E-state index contributed by atoms with van der Waals surface area (Å²) in [4.78, 5) is 11.6. The van der Waals surface area contributed by atoms with Crippen LogP contribution in [0.1, 0.15) is 24.0 Å². The molecule has 2 aromatic rings. The molecule has 0 fully saturated rings. The highest BCUT2D eigenvalue weighted by Gasteiger charge is 2.39. The Morgan fingerprint density at radius 2 is 1.86 bits per heavy atom. The Morgan fingerprint density at radius 1 is 1.18 bits per heavy atom. The SMILES string of the molecule is CC1C(C(=O)O)Nc2cc(Cl)cc(Cl)c2C1c1ccccc1. The van der Waals surface area contributed by atoms with Crippen molar-refractivity contribution in [3.8, 4) is 0 Å². The second kappa shape index (κ2) is 5.82. The standard InChI is InChI=1S/C17H15Cl2NO2/c1-9-14(10-5-3-2-4-6-10)15-12(19)7-11(18)8-13(15)20-16(9)17(21)22/h2-9,14,16,20H,1H3,(H,21,22). The highest BCUT2D eigenvalue weighted by atomic mass is 35.5. The molecule has 0 saturated carbocycles. The van der Waals surface area contributed by atoms with Crippen molar-refractivity contribution in [2.45, 2.75) is 18.9 Å².